The van der Waals surface area contributed by atoms with Crippen molar-refractivity contribution < 1.29 is 14.2 Å². The number of benzene rings is 1. The van der Waals surface area contributed by atoms with Gasteiger partial charge in [-0.25, -0.2) is 4.98 Å². The fraction of sp³-hybridized carbons (Fsp3) is 0.474. The van der Waals surface area contributed by atoms with E-state index in [9.17, 15) is 0 Å². The minimum atomic E-state index is 0.232. The van der Waals surface area contributed by atoms with Crippen LogP contribution in [0, 0.1) is 0 Å². The third-order valence-corrected chi connectivity index (χ3v) is 4.88. The number of rotatable bonds is 5. The zero-order valence-electron chi connectivity index (χ0n) is 14.4. The molecule has 2 aliphatic rings. The molecule has 0 saturated heterocycles. The fourth-order valence-electron chi connectivity index (χ4n) is 3.50. The third kappa shape index (κ3) is 3.85. The highest BCUT2D eigenvalue weighted by atomic mass is 16.7. The predicted octanol–water partition coefficient (Wildman–Crippen LogP) is 3.25. The molecule has 0 bridgehead atoms. The molecule has 1 N–H and O–H groups in total. The Morgan fingerprint density at radius 3 is 2.76 bits per heavy atom. The van der Waals surface area contributed by atoms with Crippen LogP contribution in [0.2, 0.25) is 0 Å². The molecule has 1 aromatic heterocycles. The molecule has 132 valence electrons. The van der Waals surface area contributed by atoms with Crippen LogP contribution in [0.25, 0.3) is 0 Å². The summed E-state index contributed by atoms with van der Waals surface area (Å²) in [6, 6.07) is 6.94. The maximum atomic E-state index is 5.91. The van der Waals surface area contributed by atoms with Crippen molar-refractivity contribution in [3.63, 3.8) is 0 Å². The first-order chi connectivity index (χ1) is 12.3. The van der Waals surface area contributed by atoms with Crippen molar-refractivity contribution in [3.8, 4) is 17.4 Å². The molecule has 1 saturated carbocycles. The van der Waals surface area contributed by atoms with E-state index in [2.05, 4.69) is 34.3 Å². The smallest absolute Gasteiger partial charge is 0.232 e. The number of nitrogens with zero attached hydrogens (tertiary/aromatic N) is 2. The lowest BCUT2D eigenvalue weighted by Gasteiger charge is -2.31. The molecule has 6 heteroatoms. The Bertz CT molecular complexity index is 702. The summed E-state index contributed by atoms with van der Waals surface area (Å²) in [5.41, 5.74) is 1.22. The number of ether oxygens (including phenoxy) is 3. The van der Waals surface area contributed by atoms with Crippen LogP contribution >= 0.6 is 0 Å². The molecule has 1 aromatic carbocycles. The molecule has 4 rings (SSSR count). The summed E-state index contributed by atoms with van der Waals surface area (Å²) in [5, 5.41) is 3.73. The largest absolute Gasteiger partial charge is 0.473 e. The van der Waals surface area contributed by atoms with E-state index >= 15 is 0 Å². The van der Waals surface area contributed by atoms with Crippen molar-refractivity contribution in [1.29, 1.82) is 0 Å². The Balaban J connectivity index is 1.28. The van der Waals surface area contributed by atoms with Crippen LogP contribution in [0.4, 0.5) is 0 Å². The standard InChI is InChI=1S/C19H23N3O3/c1-13(14-2-7-17-18(10-14)24-12-23-17)22-15-3-5-16(6-4-15)25-19-11-20-8-9-21-19/h2,7-11,13,15-16,22H,3-6,12H2,1H3. The van der Waals surface area contributed by atoms with Gasteiger partial charge in [0, 0.05) is 24.5 Å². The van der Waals surface area contributed by atoms with Gasteiger partial charge in [-0.1, -0.05) is 6.07 Å². The molecule has 1 unspecified atom stereocenters. The number of hydrogen-bond acceptors (Lipinski definition) is 6. The average Bonchev–Trinajstić information content (AvgIpc) is 3.12. The van der Waals surface area contributed by atoms with Crippen LogP contribution in [0.3, 0.4) is 0 Å². The molecular formula is C19H23N3O3. The molecule has 25 heavy (non-hydrogen) atoms. The van der Waals surface area contributed by atoms with Crippen LogP contribution in [0.15, 0.2) is 36.8 Å². The Labute approximate surface area is 147 Å². The van der Waals surface area contributed by atoms with E-state index in [0.29, 0.717) is 18.7 Å². The minimum Gasteiger partial charge on any atom is -0.473 e. The van der Waals surface area contributed by atoms with E-state index in [1.54, 1.807) is 18.6 Å². The van der Waals surface area contributed by atoms with Crippen molar-refractivity contribution in [2.24, 2.45) is 0 Å². The van der Waals surface area contributed by atoms with E-state index in [0.717, 1.165) is 37.2 Å². The summed E-state index contributed by atoms with van der Waals surface area (Å²) in [6.45, 7) is 2.51. The zero-order valence-corrected chi connectivity index (χ0v) is 14.4. The molecule has 1 fully saturated rings. The predicted molar refractivity (Wildman–Crippen MR) is 92.8 cm³/mol. The van der Waals surface area contributed by atoms with Gasteiger partial charge in [0.2, 0.25) is 12.7 Å². The Morgan fingerprint density at radius 2 is 1.96 bits per heavy atom. The summed E-state index contributed by atoms with van der Waals surface area (Å²) in [6.07, 6.45) is 9.48. The van der Waals surface area contributed by atoms with Crippen molar-refractivity contribution in [2.75, 3.05) is 6.79 Å². The second-order valence-electron chi connectivity index (χ2n) is 6.64. The molecule has 0 spiro atoms. The SMILES string of the molecule is CC(NC1CCC(Oc2cnccn2)CC1)c1ccc2c(c1)OCO2. The second kappa shape index (κ2) is 7.27. The molecule has 2 heterocycles. The van der Waals surface area contributed by atoms with Crippen LogP contribution in [-0.2, 0) is 0 Å². The van der Waals surface area contributed by atoms with E-state index in [4.69, 9.17) is 14.2 Å². The molecule has 2 aromatic rings. The maximum absolute atomic E-state index is 5.91. The van der Waals surface area contributed by atoms with Crippen LogP contribution < -0.4 is 19.5 Å². The molecule has 1 aliphatic carbocycles. The first-order valence-electron chi connectivity index (χ1n) is 8.86. The molecular weight excluding hydrogens is 318 g/mol. The zero-order chi connectivity index (χ0) is 17.1. The molecule has 6 nitrogen and oxygen atoms in total. The fourth-order valence-corrected chi connectivity index (χ4v) is 3.50. The summed E-state index contributed by atoms with van der Waals surface area (Å²) in [5.74, 6) is 2.29. The van der Waals surface area contributed by atoms with Gasteiger partial charge < -0.3 is 19.5 Å². The van der Waals surface area contributed by atoms with Crippen molar-refractivity contribution >= 4 is 0 Å². The molecule has 1 atom stereocenters. The van der Waals surface area contributed by atoms with Gasteiger partial charge >= 0.3 is 0 Å². The number of hydrogen-bond donors (Lipinski definition) is 1. The van der Waals surface area contributed by atoms with E-state index in [-0.39, 0.29) is 12.1 Å². The summed E-state index contributed by atoms with van der Waals surface area (Å²) < 4.78 is 16.8. The highest BCUT2D eigenvalue weighted by molar-refractivity contribution is 5.45. The third-order valence-electron chi connectivity index (χ3n) is 4.88. The second-order valence-corrected chi connectivity index (χ2v) is 6.64. The van der Waals surface area contributed by atoms with Crippen molar-refractivity contribution in [1.82, 2.24) is 15.3 Å². The van der Waals surface area contributed by atoms with Gasteiger partial charge in [-0.3, -0.25) is 4.98 Å². The average molecular weight is 341 g/mol. The van der Waals surface area contributed by atoms with Crippen molar-refractivity contribution in [3.05, 3.63) is 42.4 Å². The lowest BCUT2D eigenvalue weighted by atomic mass is 9.92. The van der Waals surface area contributed by atoms with Gasteiger partial charge in [0.1, 0.15) is 6.10 Å². The highest BCUT2D eigenvalue weighted by Crippen LogP contribution is 2.34. The lowest BCUT2D eigenvalue weighted by molar-refractivity contribution is 0.131. The van der Waals surface area contributed by atoms with Gasteiger partial charge in [-0.2, -0.15) is 0 Å². The molecule has 0 radical (unpaired) electrons. The number of aromatic nitrogens is 2. The number of fused-ring (bicyclic) bond motifs is 1. The van der Waals surface area contributed by atoms with E-state index < -0.39 is 0 Å². The highest BCUT2D eigenvalue weighted by Gasteiger charge is 2.24. The molecule has 1 aliphatic heterocycles. The summed E-state index contributed by atoms with van der Waals surface area (Å²) in [7, 11) is 0. The van der Waals surface area contributed by atoms with Gasteiger partial charge in [0.15, 0.2) is 11.5 Å². The van der Waals surface area contributed by atoms with E-state index in [1.165, 1.54) is 5.56 Å². The first-order valence-corrected chi connectivity index (χ1v) is 8.86. The topological polar surface area (TPSA) is 65.5 Å². The monoisotopic (exact) mass is 341 g/mol. The van der Waals surface area contributed by atoms with Crippen LogP contribution in [0.5, 0.6) is 17.4 Å². The van der Waals surface area contributed by atoms with E-state index in [1.807, 2.05) is 6.07 Å². The Kier molecular flexibility index (Phi) is 4.70. The normalized spacial score (nSPS) is 23.2. The Hall–Kier alpha value is -2.34. The van der Waals surface area contributed by atoms with Gasteiger partial charge in [0.05, 0.1) is 6.20 Å². The Morgan fingerprint density at radius 1 is 1.12 bits per heavy atom. The lowest BCUT2D eigenvalue weighted by Crippen LogP contribution is -2.37. The molecule has 0 amide bonds. The van der Waals surface area contributed by atoms with Crippen LogP contribution in [0.1, 0.15) is 44.2 Å². The van der Waals surface area contributed by atoms with Gasteiger partial charge in [-0.05, 0) is 50.3 Å². The van der Waals surface area contributed by atoms with Gasteiger partial charge in [-0.15, -0.1) is 0 Å². The minimum absolute atomic E-state index is 0.232. The van der Waals surface area contributed by atoms with Crippen molar-refractivity contribution in [2.45, 2.75) is 50.8 Å². The van der Waals surface area contributed by atoms with Gasteiger partial charge in [0.25, 0.3) is 0 Å². The summed E-state index contributed by atoms with van der Waals surface area (Å²) >= 11 is 0. The van der Waals surface area contributed by atoms with Crippen LogP contribution in [-0.4, -0.2) is 28.9 Å². The first kappa shape index (κ1) is 16.1. The maximum Gasteiger partial charge on any atom is 0.232 e. The quantitative estimate of drug-likeness (QED) is 0.900. The number of nitrogens with one attached hydrogen (secondary N) is 1. The summed E-state index contributed by atoms with van der Waals surface area (Å²) in [4.78, 5) is 8.23.